The van der Waals surface area contributed by atoms with E-state index in [9.17, 15) is 0 Å². The van der Waals surface area contributed by atoms with Crippen molar-refractivity contribution in [2.24, 2.45) is 11.1 Å². The standard InChI is InChI=1S/C12H23NS/c1-11(2)7-12(8-11,9-13)14-10-5-3-4-6-10/h10H,3-9,13H2,1-2H3. The smallest absolute Gasteiger partial charge is 0.0295 e. The van der Waals surface area contributed by atoms with E-state index in [4.69, 9.17) is 5.73 Å². The predicted molar refractivity (Wildman–Crippen MR) is 64.6 cm³/mol. The van der Waals surface area contributed by atoms with Crippen molar-refractivity contribution in [3.05, 3.63) is 0 Å². The molecule has 14 heavy (non-hydrogen) atoms. The highest BCUT2D eigenvalue weighted by molar-refractivity contribution is 8.01. The Bertz CT molecular complexity index is 198. The second kappa shape index (κ2) is 3.71. The maximum atomic E-state index is 5.95. The summed E-state index contributed by atoms with van der Waals surface area (Å²) in [7, 11) is 0. The van der Waals surface area contributed by atoms with Crippen molar-refractivity contribution in [2.75, 3.05) is 6.54 Å². The molecule has 0 aliphatic heterocycles. The predicted octanol–water partition coefficient (Wildman–Crippen LogP) is 3.18. The van der Waals surface area contributed by atoms with Crippen molar-refractivity contribution in [3.8, 4) is 0 Å². The van der Waals surface area contributed by atoms with Crippen LogP contribution in [-0.2, 0) is 0 Å². The van der Waals surface area contributed by atoms with Crippen molar-refractivity contribution in [2.45, 2.75) is 62.4 Å². The van der Waals surface area contributed by atoms with Gasteiger partial charge in [-0.2, -0.15) is 11.8 Å². The van der Waals surface area contributed by atoms with Gasteiger partial charge >= 0.3 is 0 Å². The van der Waals surface area contributed by atoms with Crippen LogP contribution in [-0.4, -0.2) is 16.5 Å². The number of rotatable bonds is 3. The minimum absolute atomic E-state index is 0.457. The largest absolute Gasteiger partial charge is 0.329 e. The molecule has 0 saturated heterocycles. The van der Waals surface area contributed by atoms with Gasteiger partial charge in [0.05, 0.1) is 0 Å². The molecule has 2 rings (SSSR count). The van der Waals surface area contributed by atoms with E-state index in [0.29, 0.717) is 10.2 Å². The molecule has 0 aromatic carbocycles. The maximum absolute atomic E-state index is 5.95. The first kappa shape index (κ1) is 10.8. The van der Waals surface area contributed by atoms with Gasteiger partial charge in [-0.3, -0.25) is 0 Å². The van der Waals surface area contributed by atoms with E-state index in [2.05, 4.69) is 25.6 Å². The Hall–Kier alpha value is 0.310. The fourth-order valence-corrected chi connectivity index (χ4v) is 5.65. The van der Waals surface area contributed by atoms with Gasteiger partial charge in [0.2, 0.25) is 0 Å². The molecule has 2 aliphatic rings. The zero-order valence-corrected chi connectivity index (χ0v) is 10.3. The molecule has 0 radical (unpaired) electrons. The van der Waals surface area contributed by atoms with Gasteiger partial charge in [-0.1, -0.05) is 26.7 Å². The average Bonchev–Trinajstić information content (AvgIpc) is 2.53. The molecule has 0 atom stereocenters. The minimum atomic E-state index is 0.457. The summed E-state index contributed by atoms with van der Waals surface area (Å²) in [6, 6.07) is 0. The molecule has 0 aromatic heterocycles. The van der Waals surface area contributed by atoms with E-state index in [1.54, 1.807) is 0 Å². The van der Waals surface area contributed by atoms with Crippen molar-refractivity contribution in [1.82, 2.24) is 0 Å². The molecule has 0 heterocycles. The summed E-state index contributed by atoms with van der Waals surface area (Å²) < 4.78 is 0.457. The lowest BCUT2D eigenvalue weighted by Gasteiger charge is -2.53. The summed E-state index contributed by atoms with van der Waals surface area (Å²) in [4.78, 5) is 0. The third-order valence-corrected chi connectivity index (χ3v) is 5.45. The first-order chi connectivity index (χ1) is 6.55. The molecule has 2 fully saturated rings. The first-order valence-corrected chi connectivity index (χ1v) is 6.81. The summed E-state index contributed by atoms with van der Waals surface area (Å²) in [6.45, 7) is 5.63. The fraction of sp³-hybridized carbons (Fsp3) is 1.00. The van der Waals surface area contributed by atoms with Gasteiger partial charge in [-0.15, -0.1) is 0 Å². The quantitative estimate of drug-likeness (QED) is 0.779. The van der Waals surface area contributed by atoms with Crippen LogP contribution in [0.25, 0.3) is 0 Å². The molecular weight excluding hydrogens is 190 g/mol. The molecule has 2 aliphatic carbocycles. The molecular formula is C12H23NS. The summed E-state index contributed by atoms with van der Waals surface area (Å²) in [5.74, 6) is 0. The number of hydrogen-bond acceptors (Lipinski definition) is 2. The van der Waals surface area contributed by atoms with Crippen LogP contribution in [0.1, 0.15) is 52.4 Å². The molecule has 0 bridgehead atoms. The maximum Gasteiger partial charge on any atom is 0.0295 e. The van der Waals surface area contributed by atoms with E-state index in [-0.39, 0.29) is 0 Å². The summed E-state index contributed by atoms with van der Waals surface area (Å²) in [6.07, 6.45) is 8.43. The normalized spacial score (nSPS) is 30.2. The van der Waals surface area contributed by atoms with Crippen LogP contribution in [0.4, 0.5) is 0 Å². The van der Waals surface area contributed by atoms with Crippen molar-refractivity contribution in [3.63, 3.8) is 0 Å². The van der Waals surface area contributed by atoms with Crippen molar-refractivity contribution >= 4 is 11.8 Å². The number of thioether (sulfide) groups is 1. The van der Waals surface area contributed by atoms with Crippen LogP contribution in [0.2, 0.25) is 0 Å². The SMILES string of the molecule is CC1(C)CC(CN)(SC2CCCC2)C1. The summed E-state index contributed by atoms with van der Waals surface area (Å²) in [5.41, 5.74) is 6.51. The lowest BCUT2D eigenvalue weighted by Crippen LogP contribution is -2.52. The summed E-state index contributed by atoms with van der Waals surface area (Å²) >= 11 is 2.22. The molecule has 2 saturated carbocycles. The molecule has 0 amide bonds. The van der Waals surface area contributed by atoms with Gasteiger partial charge in [0.25, 0.3) is 0 Å². The Balaban J connectivity index is 1.88. The van der Waals surface area contributed by atoms with E-state index >= 15 is 0 Å². The number of hydrogen-bond donors (Lipinski definition) is 1. The molecule has 0 spiro atoms. The van der Waals surface area contributed by atoms with Gasteiger partial charge in [0.1, 0.15) is 0 Å². The van der Waals surface area contributed by atoms with Crippen LogP contribution in [0.5, 0.6) is 0 Å². The number of nitrogens with two attached hydrogens (primary N) is 1. The molecule has 2 N–H and O–H groups in total. The molecule has 1 nitrogen and oxygen atoms in total. The van der Waals surface area contributed by atoms with E-state index in [0.717, 1.165) is 11.8 Å². The molecule has 0 aromatic rings. The van der Waals surface area contributed by atoms with Crippen LogP contribution in [0, 0.1) is 5.41 Å². The Kier molecular flexibility index (Phi) is 2.87. The molecule has 82 valence electrons. The van der Waals surface area contributed by atoms with Gasteiger partial charge in [-0.25, -0.2) is 0 Å². The Labute approximate surface area is 92.2 Å². The minimum Gasteiger partial charge on any atom is -0.329 e. The molecule has 2 heteroatoms. The Morgan fingerprint density at radius 1 is 1.21 bits per heavy atom. The third-order valence-electron chi connectivity index (χ3n) is 3.69. The average molecular weight is 213 g/mol. The van der Waals surface area contributed by atoms with Crippen LogP contribution < -0.4 is 5.73 Å². The highest BCUT2D eigenvalue weighted by Crippen LogP contribution is 2.57. The highest BCUT2D eigenvalue weighted by atomic mass is 32.2. The third kappa shape index (κ3) is 2.11. The van der Waals surface area contributed by atoms with Crippen molar-refractivity contribution < 1.29 is 0 Å². The van der Waals surface area contributed by atoms with E-state index < -0.39 is 0 Å². The monoisotopic (exact) mass is 213 g/mol. The first-order valence-electron chi connectivity index (χ1n) is 5.93. The second-order valence-corrected chi connectivity index (χ2v) is 7.70. The lowest BCUT2D eigenvalue weighted by atomic mass is 9.64. The Morgan fingerprint density at radius 3 is 2.21 bits per heavy atom. The topological polar surface area (TPSA) is 26.0 Å². The van der Waals surface area contributed by atoms with Gasteiger partial charge in [0.15, 0.2) is 0 Å². The van der Waals surface area contributed by atoms with Crippen LogP contribution >= 0.6 is 11.8 Å². The lowest BCUT2D eigenvalue weighted by molar-refractivity contribution is 0.131. The van der Waals surface area contributed by atoms with E-state index in [1.165, 1.54) is 38.5 Å². The zero-order chi connectivity index (χ0) is 10.2. The zero-order valence-electron chi connectivity index (χ0n) is 9.51. The van der Waals surface area contributed by atoms with Crippen LogP contribution in [0.15, 0.2) is 0 Å². The fourth-order valence-electron chi connectivity index (χ4n) is 3.33. The van der Waals surface area contributed by atoms with Gasteiger partial charge in [-0.05, 0) is 31.1 Å². The Morgan fingerprint density at radius 2 is 1.79 bits per heavy atom. The van der Waals surface area contributed by atoms with Crippen LogP contribution in [0.3, 0.4) is 0 Å². The van der Waals surface area contributed by atoms with E-state index in [1.807, 2.05) is 0 Å². The second-order valence-electron chi connectivity index (χ2n) is 5.93. The van der Waals surface area contributed by atoms with Gasteiger partial charge < -0.3 is 5.73 Å². The van der Waals surface area contributed by atoms with Crippen molar-refractivity contribution in [1.29, 1.82) is 0 Å². The molecule has 0 unspecified atom stereocenters. The summed E-state index contributed by atoms with van der Waals surface area (Å²) in [5, 5.41) is 0.926. The highest BCUT2D eigenvalue weighted by Gasteiger charge is 2.49. The van der Waals surface area contributed by atoms with Gasteiger partial charge in [0, 0.05) is 16.5 Å².